The van der Waals surface area contributed by atoms with Gasteiger partial charge in [-0.05, 0) is 24.3 Å². The fourth-order valence-corrected chi connectivity index (χ4v) is 3.33. The lowest BCUT2D eigenvalue weighted by Crippen LogP contribution is -2.27. The van der Waals surface area contributed by atoms with Gasteiger partial charge in [-0.2, -0.15) is 0 Å². The summed E-state index contributed by atoms with van der Waals surface area (Å²) >= 11 is 6.21. The third-order valence-electron chi connectivity index (χ3n) is 4.41. The molecule has 142 valence electrons. The molecule has 1 aliphatic heterocycles. The van der Waals surface area contributed by atoms with Crippen molar-refractivity contribution in [1.29, 1.82) is 0 Å². The minimum atomic E-state index is -1.39. The van der Waals surface area contributed by atoms with E-state index in [1.807, 2.05) is 0 Å². The van der Waals surface area contributed by atoms with E-state index in [1.165, 1.54) is 27.8 Å². The number of nitrogens with zero attached hydrogens (tertiary/aromatic N) is 4. The van der Waals surface area contributed by atoms with Crippen molar-refractivity contribution in [2.45, 2.75) is 12.5 Å². The summed E-state index contributed by atoms with van der Waals surface area (Å²) in [6.07, 6.45) is 1.76. The monoisotopic (exact) mass is 400 g/mol. The molecule has 1 aliphatic rings. The second-order valence-electron chi connectivity index (χ2n) is 6.26. The van der Waals surface area contributed by atoms with E-state index in [4.69, 9.17) is 11.6 Å². The van der Waals surface area contributed by atoms with Gasteiger partial charge in [-0.25, -0.2) is 14.8 Å². The number of hydrogen-bond donors (Lipinski definition) is 2. The number of carboxylic acid groups (broad SMARTS) is 1. The molecule has 4 heterocycles. The van der Waals surface area contributed by atoms with Crippen molar-refractivity contribution in [2.75, 3.05) is 11.4 Å². The molecule has 28 heavy (non-hydrogen) atoms. The highest BCUT2D eigenvalue weighted by Crippen LogP contribution is 2.25. The first-order chi connectivity index (χ1) is 13.4. The molecule has 9 nitrogen and oxygen atoms in total. The number of β-amino-alcohol motifs (C(OH)–C–C–N with tert-alkyl or cyclic N) is 1. The van der Waals surface area contributed by atoms with E-state index in [1.54, 1.807) is 12.1 Å². The molecule has 0 saturated carbocycles. The number of fused-ring (bicyclic) bond motifs is 1. The molecule has 3 aromatic rings. The molecule has 3 aromatic heterocycles. The van der Waals surface area contributed by atoms with Gasteiger partial charge >= 0.3 is 5.97 Å². The molecule has 0 bridgehead atoms. The molecule has 2 N–H and O–H groups in total. The molecule has 0 radical (unpaired) electrons. The van der Waals surface area contributed by atoms with Gasteiger partial charge in [0.05, 0.1) is 29.5 Å². The maximum absolute atomic E-state index is 12.6. The number of aromatic nitrogens is 3. The highest BCUT2D eigenvalue weighted by atomic mass is 35.5. The summed E-state index contributed by atoms with van der Waals surface area (Å²) in [7, 11) is 0. The maximum atomic E-state index is 12.6. The molecule has 0 aromatic carbocycles. The molecule has 0 aliphatic carbocycles. The molecule has 1 amide bonds. The zero-order chi connectivity index (χ0) is 20.0. The van der Waals surface area contributed by atoms with Crippen molar-refractivity contribution < 1.29 is 19.8 Å². The second-order valence-corrected chi connectivity index (χ2v) is 6.67. The Morgan fingerprint density at radius 2 is 2.04 bits per heavy atom. The number of hydrogen-bond acceptors (Lipinski definition) is 6. The van der Waals surface area contributed by atoms with Crippen LogP contribution in [0.4, 0.5) is 5.82 Å². The summed E-state index contributed by atoms with van der Waals surface area (Å²) in [5.74, 6) is -1.27. The van der Waals surface area contributed by atoms with Crippen molar-refractivity contribution in [3.63, 3.8) is 0 Å². The lowest BCUT2D eigenvalue weighted by Gasteiger charge is -2.17. The fourth-order valence-electron chi connectivity index (χ4n) is 3.12. The van der Waals surface area contributed by atoms with E-state index in [-0.39, 0.29) is 46.6 Å². The van der Waals surface area contributed by atoms with E-state index in [9.17, 15) is 24.6 Å². The van der Waals surface area contributed by atoms with Gasteiger partial charge in [0.1, 0.15) is 11.4 Å². The average Bonchev–Trinajstić information content (AvgIpc) is 3.00. The zero-order valence-electron chi connectivity index (χ0n) is 14.2. The first-order valence-corrected chi connectivity index (χ1v) is 8.63. The Hall–Kier alpha value is -3.30. The van der Waals surface area contributed by atoms with E-state index < -0.39 is 23.1 Å². The number of anilines is 1. The van der Waals surface area contributed by atoms with Gasteiger partial charge in [0.15, 0.2) is 11.5 Å². The lowest BCUT2D eigenvalue weighted by molar-refractivity contribution is -0.117. The Labute approximate surface area is 162 Å². The van der Waals surface area contributed by atoms with Gasteiger partial charge in [-0.1, -0.05) is 11.6 Å². The van der Waals surface area contributed by atoms with Crippen LogP contribution in [0, 0.1) is 0 Å². The Balaban J connectivity index is 2.02. The standard InChI is InChI=1S/C18H13ClN4O5/c19-12-2-1-5-20-17(12)23-8-11(18(27)28)15(26)10-3-4-13(21-16(10)23)22-7-9(24)6-14(22)25/h1-5,8-9,24H,6-7H2,(H,27,28). The van der Waals surface area contributed by atoms with Crippen molar-refractivity contribution in [2.24, 2.45) is 0 Å². The van der Waals surface area contributed by atoms with Crippen LogP contribution in [0.15, 0.2) is 41.5 Å². The summed E-state index contributed by atoms with van der Waals surface area (Å²) < 4.78 is 1.31. The van der Waals surface area contributed by atoms with Gasteiger partial charge in [0.25, 0.3) is 0 Å². The average molecular weight is 401 g/mol. The largest absolute Gasteiger partial charge is 0.477 e. The van der Waals surface area contributed by atoms with E-state index >= 15 is 0 Å². The zero-order valence-corrected chi connectivity index (χ0v) is 15.0. The van der Waals surface area contributed by atoms with E-state index in [0.29, 0.717) is 0 Å². The van der Waals surface area contributed by atoms with Crippen LogP contribution in [0.2, 0.25) is 5.02 Å². The van der Waals surface area contributed by atoms with Crippen LogP contribution in [-0.4, -0.2) is 49.3 Å². The molecule has 1 saturated heterocycles. The van der Waals surface area contributed by atoms with Crippen LogP contribution in [0.3, 0.4) is 0 Å². The smallest absolute Gasteiger partial charge is 0.341 e. The minimum absolute atomic E-state index is 0.0173. The third kappa shape index (κ3) is 2.90. The number of aliphatic hydroxyl groups excluding tert-OH is 1. The van der Waals surface area contributed by atoms with E-state index in [0.717, 1.165) is 6.20 Å². The van der Waals surface area contributed by atoms with Crippen LogP contribution in [0.25, 0.3) is 16.9 Å². The SMILES string of the molecule is O=C(O)c1cn(-c2ncccc2Cl)c2nc(N3CC(O)CC3=O)ccc2c1=O. The highest BCUT2D eigenvalue weighted by Gasteiger charge is 2.30. The van der Waals surface area contributed by atoms with Gasteiger partial charge in [0, 0.05) is 12.4 Å². The molecular formula is C18H13ClN4O5. The van der Waals surface area contributed by atoms with Crippen molar-refractivity contribution >= 4 is 40.3 Å². The van der Waals surface area contributed by atoms with Crippen molar-refractivity contribution in [1.82, 2.24) is 14.5 Å². The predicted octanol–water partition coefficient (Wildman–Crippen LogP) is 1.23. The van der Waals surface area contributed by atoms with E-state index in [2.05, 4.69) is 9.97 Å². The van der Waals surface area contributed by atoms with Gasteiger partial charge in [-0.15, -0.1) is 0 Å². The van der Waals surface area contributed by atoms with Gasteiger partial charge < -0.3 is 10.2 Å². The van der Waals surface area contributed by atoms with Gasteiger partial charge in [0.2, 0.25) is 11.3 Å². The topological polar surface area (TPSA) is 126 Å². The number of carbonyl (C=O) groups is 2. The summed E-state index contributed by atoms with van der Waals surface area (Å²) in [5, 5.41) is 19.4. The Bertz CT molecular complexity index is 1190. The Kier molecular flexibility index (Phi) is 4.33. The molecule has 1 unspecified atom stereocenters. The summed E-state index contributed by atoms with van der Waals surface area (Å²) in [6.45, 7) is 0.0825. The number of pyridine rings is 3. The third-order valence-corrected chi connectivity index (χ3v) is 4.71. The normalized spacial score (nSPS) is 16.7. The highest BCUT2D eigenvalue weighted by molar-refractivity contribution is 6.32. The summed E-state index contributed by atoms with van der Waals surface area (Å²) in [5.41, 5.74) is -1.07. The van der Waals surface area contributed by atoms with Crippen molar-refractivity contribution in [3.8, 4) is 5.82 Å². The summed E-state index contributed by atoms with van der Waals surface area (Å²) in [4.78, 5) is 46.0. The Morgan fingerprint density at radius 1 is 1.25 bits per heavy atom. The minimum Gasteiger partial charge on any atom is -0.477 e. The van der Waals surface area contributed by atoms with Crippen LogP contribution in [-0.2, 0) is 4.79 Å². The molecular weight excluding hydrogens is 388 g/mol. The number of aromatic carboxylic acids is 1. The summed E-state index contributed by atoms with van der Waals surface area (Å²) in [6, 6.07) is 6.02. The number of halogens is 1. The predicted molar refractivity (Wildman–Crippen MR) is 100 cm³/mol. The number of carboxylic acids is 1. The van der Waals surface area contributed by atoms with Crippen molar-refractivity contribution in [3.05, 3.63) is 57.5 Å². The second kappa shape index (κ2) is 6.70. The Morgan fingerprint density at radius 3 is 2.68 bits per heavy atom. The quantitative estimate of drug-likeness (QED) is 0.677. The van der Waals surface area contributed by atoms with Crippen LogP contribution in [0.1, 0.15) is 16.8 Å². The molecule has 1 atom stereocenters. The number of rotatable bonds is 3. The van der Waals surface area contributed by atoms with Gasteiger partial charge in [-0.3, -0.25) is 19.1 Å². The number of amides is 1. The first-order valence-electron chi connectivity index (χ1n) is 8.26. The van der Waals surface area contributed by atoms with Crippen LogP contribution in [0.5, 0.6) is 0 Å². The van der Waals surface area contributed by atoms with Crippen LogP contribution < -0.4 is 10.3 Å². The molecule has 1 fully saturated rings. The number of carbonyl (C=O) groups excluding carboxylic acids is 1. The molecule has 4 rings (SSSR count). The molecule has 10 heteroatoms. The maximum Gasteiger partial charge on any atom is 0.341 e. The lowest BCUT2D eigenvalue weighted by atomic mass is 10.2. The first kappa shape index (κ1) is 18.1. The molecule has 0 spiro atoms. The fraction of sp³-hybridized carbons (Fsp3) is 0.167. The van der Waals surface area contributed by atoms with Crippen LogP contribution >= 0.6 is 11.6 Å². The number of aliphatic hydroxyl groups is 1.